The number of rotatable bonds is 8. The molecule has 1 fully saturated rings. The Morgan fingerprint density at radius 2 is 1.82 bits per heavy atom. The van der Waals surface area contributed by atoms with Crippen molar-refractivity contribution in [3.63, 3.8) is 0 Å². The maximum atomic E-state index is 13.5. The molecule has 34 heavy (non-hydrogen) atoms. The van der Waals surface area contributed by atoms with Gasteiger partial charge in [0.15, 0.2) is 11.6 Å². The molecular weight excluding hydrogens is 490 g/mol. The van der Waals surface area contributed by atoms with E-state index < -0.39 is 55.0 Å². The number of carbonyl (C=O) groups excluding carboxylic acids is 3. The molecule has 0 radical (unpaired) electrons. The lowest BCUT2D eigenvalue weighted by Gasteiger charge is -2.14. The Labute approximate surface area is 201 Å². The van der Waals surface area contributed by atoms with Crippen LogP contribution in [0.3, 0.4) is 0 Å². The molecule has 13 heteroatoms. The van der Waals surface area contributed by atoms with Gasteiger partial charge in [-0.25, -0.2) is 13.8 Å². The van der Waals surface area contributed by atoms with E-state index in [9.17, 15) is 28.0 Å². The maximum Gasteiger partial charge on any atom is 0.322 e. The quantitative estimate of drug-likeness (QED) is 0.363. The molecule has 0 aliphatic carbocycles. The molecule has 0 unspecified atom stereocenters. The van der Waals surface area contributed by atoms with Gasteiger partial charge in [0.05, 0.1) is 22.8 Å². The molecular formula is C21H16F2N4O5S2. The summed E-state index contributed by atoms with van der Waals surface area (Å²) in [6, 6.07) is 8.24. The summed E-state index contributed by atoms with van der Waals surface area (Å²) in [6.45, 7) is -1.48. The standard InChI is InChI=1S/C21H16F2N4O5S2/c22-13-5-4-11(6-14(13)23)15-3-1-2-12(26-15)7-16-20(32)27(21(33)34-16)10-18(29)24-8-17(28)25-9-19(30)31/h1-7H,8-10H2,(H,24,29)(H,25,28)(H,30,31). The number of nitrogens with zero attached hydrogens (tertiary/aromatic N) is 2. The Morgan fingerprint density at radius 3 is 2.53 bits per heavy atom. The summed E-state index contributed by atoms with van der Waals surface area (Å²) in [7, 11) is 0. The van der Waals surface area contributed by atoms with Crippen LogP contribution in [0, 0.1) is 11.6 Å². The Morgan fingerprint density at radius 1 is 1.09 bits per heavy atom. The number of carboxylic acids is 1. The molecule has 176 valence electrons. The van der Waals surface area contributed by atoms with Crippen LogP contribution in [0.15, 0.2) is 41.3 Å². The first kappa shape index (κ1) is 24.9. The molecule has 1 aromatic carbocycles. The van der Waals surface area contributed by atoms with Gasteiger partial charge in [-0.15, -0.1) is 0 Å². The number of nitrogens with one attached hydrogen (secondary N) is 2. The van der Waals surface area contributed by atoms with E-state index in [0.29, 0.717) is 17.0 Å². The topological polar surface area (TPSA) is 129 Å². The van der Waals surface area contributed by atoms with E-state index in [1.54, 1.807) is 18.2 Å². The van der Waals surface area contributed by atoms with Crippen molar-refractivity contribution in [2.45, 2.75) is 0 Å². The van der Waals surface area contributed by atoms with Crippen LogP contribution in [0.25, 0.3) is 17.3 Å². The number of benzene rings is 1. The van der Waals surface area contributed by atoms with Crippen LogP contribution in [0.4, 0.5) is 8.78 Å². The molecule has 0 spiro atoms. The first-order chi connectivity index (χ1) is 16.1. The largest absolute Gasteiger partial charge is 0.480 e. The van der Waals surface area contributed by atoms with Crippen molar-refractivity contribution < 1.29 is 33.1 Å². The molecule has 0 atom stereocenters. The van der Waals surface area contributed by atoms with Gasteiger partial charge in [-0.3, -0.25) is 24.1 Å². The van der Waals surface area contributed by atoms with Crippen LogP contribution in [-0.2, 0) is 19.2 Å². The van der Waals surface area contributed by atoms with E-state index in [4.69, 9.17) is 17.3 Å². The van der Waals surface area contributed by atoms with Crippen LogP contribution in [0.1, 0.15) is 5.69 Å². The lowest BCUT2D eigenvalue weighted by atomic mass is 10.1. The summed E-state index contributed by atoms with van der Waals surface area (Å²) in [6.07, 6.45) is 1.46. The summed E-state index contributed by atoms with van der Waals surface area (Å²) in [5, 5.41) is 12.9. The number of carbonyl (C=O) groups is 4. The molecule has 0 saturated carbocycles. The second kappa shape index (κ2) is 10.9. The smallest absolute Gasteiger partial charge is 0.322 e. The Hall–Kier alpha value is -3.71. The predicted molar refractivity (Wildman–Crippen MR) is 123 cm³/mol. The van der Waals surface area contributed by atoms with E-state index in [1.807, 2.05) is 0 Å². The molecule has 1 aliphatic heterocycles. The molecule has 3 amide bonds. The molecule has 1 saturated heterocycles. The zero-order valence-corrected chi connectivity index (χ0v) is 18.8. The lowest BCUT2D eigenvalue weighted by Crippen LogP contribution is -2.44. The van der Waals surface area contributed by atoms with Crippen LogP contribution in [0.5, 0.6) is 0 Å². The van der Waals surface area contributed by atoms with Gasteiger partial charge >= 0.3 is 5.97 Å². The lowest BCUT2D eigenvalue weighted by molar-refractivity contribution is -0.138. The number of carboxylic acid groups (broad SMARTS) is 1. The van der Waals surface area contributed by atoms with Crippen LogP contribution < -0.4 is 10.6 Å². The van der Waals surface area contributed by atoms with Crippen molar-refractivity contribution in [3.8, 4) is 11.3 Å². The molecule has 0 bridgehead atoms. The van der Waals surface area contributed by atoms with Gasteiger partial charge in [0.25, 0.3) is 5.91 Å². The first-order valence-corrected chi connectivity index (χ1v) is 10.8. The second-order valence-corrected chi connectivity index (χ2v) is 8.47. The first-order valence-electron chi connectivity index (χ1n) is 9.57. The molecule has 2 heterocycles. The zero-order chi connectivity index (χ0) is 24.8. The van der Waals surface area contributed by atoms with Gasteiger partial charge in [-0.2, -0.15) is 0 Å². The van der Waals surface area contributed by atoms with Crippen molar-refractivity contribution in [2.24, 2.45) is 0 Å². The van der Waals surface area contributed by atoms with Gasteiger partial charge in [0.1, 0.15) is 17.4 Å². The number of amides is 3. The third-order valence-corrected chi connectivity index (χ3v) is 5.70. The summed E-state index contributed by atoms with van der Waals surface area (Å²) < 4.78 is 26.9. The average molecular weight is 507 g/mol. The molecule has 3 N–H and O–H groups in total. The second-order valence-electron chi connectivity index (χ2n) is 6.79. The SMILES string of the molecule is O=C(O)CNC(=O)CNC(=O)CN1C(=O)C(=Cc2cccc(-c3ccc(F)c(F)c3)n2)SC1=S. The van der Waals surface area contributed by atoms with Crippen molar-refractivity contribution in [1.29, 1.82) is 0 Å². The molecule has 1 aliphatic rings. The normalized spacial score (nSPS) is 14.4. The highest BCUT2D eigenvalue weighted by Crippen LogP contribution is 2.32. The number of hydrogen-bond donors (Lipinski definition) is 3. The maximum absolute atomic E-state index is 13.5. The van der Waals surface area contributed by atoms with Gasteiger partial charge in [0.2, 0.25) is 11.8 Å². The molecule has 1 aromatic heterocycles. The summed E-state index contributed by atoms with van der Waals surface area (Å²) in [5.41, 5.74) is 1.08. The fourth-order valence-corrected chi connectivity index (χ4v) is 3.97. The van der Waals surface area contributed by atoms with Crippen molar-refractivity contribution in [2.75, 3.05) is 19.6 Å². The number of hydrogen-bond acceptors (Lipinski definition) is 7. The van der Waals surface area contributed by atoms with E-state index in [2.05, 4.69) is 15.6 Å². The fraction of sp³-hybridized carbons (Fsp3) is 0.143. The number of pyridine rings is 1. The van der Waals surface area contributed by atoms with Gasteiger partial charge in [-0.05, 0) is 36.4 Å². The Balaban J connectivity index is 1.65. The molecule has 3 rings (SSSR count). The number of halogens is 2. The number of aliphatic carboxylic acids is 1. The fourth-order valence-electron chi connectivity index (χ4n) is 2.73. The monoisotopic (exact) mass is 506 g/mol. The van der Waals surface area contributed by atoms with Crippen molar-refractivity contribution in [3.05, 3.63) is 58.6 Å². The van der Waals surface area contributed by atoms with Crippen LogP contribution >= 0.6 is 24.0 Å². The van der Waals surface area contributed by atoms with Gasteiger partial charge < -0.3 is 15.7 Å². The minimum atomic E-state index is -1.23. The third kappa shape index (κ3) is 6.42. The predicted octanol–water partition coefficient (Wildman–Crippen LogP) is 1.55. The zero-order valence-electron chi connectivity index (χ0n) is 17.2. The van der Waals surface area contributed by atoms with Gasteiger partial charge in [-0.1, -0.05) is 30.0 Å². The van der Waals surface area contributed by atoms with Crippen molar-refractivity contribution >= 4 is 58.1 Å². The Bertz CT molecular complexity index is 1220. The van der Waals surface area contributed by atoms with E-state index >= 15 is 0 Å². The highest BCUT2D eigenvalue weighted by Gasteiger charge is 2.33. The highest BCUT2D eigenvalue weighted by atomic mass is 32.2. The minimum Gasteiger partial charge on any atom is -0.480 e. The number of aromatic nitrogens is 1. The van der Waals surface area contributed by atoms with Crippen LogP contribution in [0.2, 0.25) is 0 Å². The highest BCUT2D eigenvalue weighted by molar-refractivity contribution is 8.26. The summed E-state index contributed by atoms with van der Waals surface area (Å²) >= 11 is 6.12. The van der Waals surface area contributed by atoms with E-state index in [0.717, 1.165) is 28.8 Å². The molecule has 2 aromatic rings. The summed E-state index contributed by atoms with van der Waals surface area (Å²) in [5.74, 6) is -5.12. The van der Waals surface area contributed by atoms with Crippen molar-refractivity contribution in [1.82, 2.24) is 20.5 Å². The van der Waals surface area contributed by atoms with Gasteiger partial charge in [0, 0.05) is 5.56 Å². The number of thiocarbonyl (C=S) groups is 1. The van der Waals surface area contributed by atoms with E-state index in [-0.39, 0.29) is 9.23 Å². The minimum absolute atomic E-state index is 0.124. The average Bonchev–Trinajstić information content (AvgIpc) is 3.05. The Kier molecular flexibility index (Phi) is 8.02. The molecule has 9 nitrogen and oxygen atoms in total. The number of thioether (sulfide) groups is 1. The van der Waals surface area contributed by atoms with E-state index in [1.165, 1.54) is 12.1 Å². The van der Waals surface area contributed by atoms with Crippen LogP contribution in [-0.4, -0.2) is 62.6 Å². The summed E-state index contributed by atoms with van der Waals surface area (Å²) in [4.78, 5) is 52.3. The third-order valence-electron chi connectivity index (χ3n) is 4.32.